The number of nitrogens with one attached hydrogen (secondary N) is 3. The summed E-state index contributed by atoms with van der Waals surface area (Å²) in [6, 6.07) is 5.08. The van der Waals surface area contributed by atoms with Gasteiger partial charge in [-0.15, -0.1) is 0 Å². The van der Waals surface area contributed by atoms with Gasteiger partial charge in [0.1, 0.15) is 17.6 Å². The van der Waals surface area contributed by atoms with Gasteiger partial charge in [-0.1, -0.05) is 0 Å². The minimum atomic E-state index is -0.383. The summed E-state index contributed by atoms with van der Waals surface area (Å²) < 4.78 is 11.6. The molecule has 0 aliphatic carbocycles. The van der Waals surface area contributed by atoms with Gasteiger partial charge in [0.15, 0.2) is 4.77 Å². The van der Waals surface area contributed by atoms with E-state index in [1.54, 1.807) is 0 Å². The zero-order valence-corrected chi connectivity index (χ0v) is 15.8. The normalized spacial score (nSPS) is 15.4. The van der Waals surface area contributed by atoms with Crippen LogP contribution in [0.15, 0.2) is 28.1 Å². The average molecular weight is 388 g/mol. The number of benzene rings is 1. The molecule has 0 radical (unpaired) electrons. The lowest BCUT2D eigenvalue weighted by Gasteiger charge is -2.09. The first kappa shape index (κ1) is 18.8. The molecule has 142 valence electrons. The lowest BCUT2D eigenvalue weighted by Crippen LogP contribution is -2.21. The van der Waals surface area contributed by atoms with Gasteiger partial charge in [-0.3, -0.25) is 14.6 Å². The van der Waals surface area contributed by atoms with E-state index in [0.29, 0.717) is 23.6 Å². The molecule has 27 heavy (non-hydrogen) atoms. The molecule has 1 amide bonds. The van der Waals surface area contributed by atoms with E-state index in [-0.39, 0.29) is 28.8 Å². The van der Waals surface area contributed by atoms with Crippen LogP contribution in [-0.2, 0) is 17.6 Å². The van der Waals surface area contributed by atoms with Crippen LogP contribution in [0.25, 0.3) is 0 Å². The molecule has 0 bridgehead atoms. The van der Waals surface area contributed by atoms with E-state index in [9.17, 15) is 9.59 Å². The number of hydrogen-bond acceptors (Lipinski definition) is 6. The van der Waals surface area contributed by atoms with Crippen molar-refractivity contribution in [3.8, 4) is 11.5 Å². The number of aromatic amines is 2. The Kier molecular flexibility index (Phi) is 5.70. The number of H-pyrrole nitrogens is 2. The summed E-state index contributed by atoms with van der Waals surface area (Å²) in [4.78, 5) is 28.6. The standard InChI is InChI=1S/C18H20N4O4S/c1-3-25-14-5-11-4-10(2)26-15(11)6-12(14)9-19-22-17(24)8-13-7-16(23)21-18(27)20-13/h5-7,9-10H,3-4,8H2,1-2H3,(H,22,24)(H2,20,21,23,27)/b19-9-/t10-/m0/s1. The number of hydrogen-bond donors (Lipinski definition) is 3. The molecule has 0 saturated heterocycles. The Morgan fingerprint density at radius 2 is 2.26 bits per heavy atom. The van der Waals surface area contributed by atoms with Crippen LogP contribution < -0.4 is 20.5 Å². The minimum absolute atomic E-state index is 0.0476. The highest BCUT2D eigenvalue weighted by atomic mass is 32.1. The molecular weight excluding hydrogens is 368 g/mol. The molecule has 1 aliphatic rings. The summed E-state index contributed by atoms with van der Waals surface area (Å²) in [7, 11) is 0. The number of amides is 1. The van der Waals surface area contributed by atoms with Gasteiger partial charge < -0.3 is 14.5 Å². The first-order valence-electron chi connectivity index (χ1n) is 8.55. The van der Waals surface area contributed by atoms with Crippen LogP contribution in [0.3, 0.4) is 0 Å². The summed E-state index contributed by atoms with van der Waals surface area (Å²) in [6.07, 6.45) is 2.42. The fourth-order valence-corrected chi connectivity index (χ4v) is 3.07. The predicted octanol–water partition coefficient (Wildman–Crippen LogP) is 1.85. The topological polar surface area (TPSA) is 109 Å². The largest absolute Gasteiger partial charge is 0.493 e. The molecular formula is C18H20N4O4S. The van der Waals surface area contributed by atoms with Crippen LogP contribution in [0.5, 0.6) is 11.5 Å². The monoisotopic (exact) mass is 388 g/mol. The number of aromatic nitrogens is 2. The Morgan fingerprint density at radius 1 is 1.44 bits per heavy atom. The Hall–Kier alpha value is -2.94. The number of fused-ring (bicyclic) bond motifs is 1. The molecule has 1 aromatic carbocycles. The first-order valence-corrected chi connectivity index (χ1v) is 8.96. The lowest BCUT2D eigenvalue weighted by atomic mass is 10.1. The minimum Gasteiger partial charge on any atom is -0.493 e. The number of hydrazone groups is 1. The van der Waals surface area contributed by atoms with E-state index in [0.717, 1.165) is 17.7 Å². The summed E-state index contributed by atoms with van der Waals surface area (Å²) >= 11 is 4.88. The zero-order chi connectivity index (χ0) is 19.4. The van der Waals surface area contributed by atoms with Crippen LogP contribution in [0.1, 0.15) is 30.7 Å². The van der Waals surface area contributed by atoms with Crippen molar-refractivity contribution in [1.82, 2.24) is 15.4 Å². The van der Waals surface area contributed by atoms with Crippen molar-refractivity contribution < 1.29 is 14.3 Å². The second-order valence-electron chi connectivity index (χ2n) is 6.15. The molecule has 3 rings (SSSR count). The van der Waals surface area contributed by atoms with Crippen molar-refractivity contribution in [3.63, 3.8) is 0 Å². The third-order valence-corrected chi connectivity index (χ3v) is 4.09. The fraction of sp³-hybridized carbons (Fsp3) is 0.333. The molecule has 3 N–H and O–H groups in total. The van der Waals surface area contributed by atoms with Gasteiger partial charge in [-0.25, -0.2) is 5.43 Å². The van der Waals surface area contributed by atoms with E-state index in [1.165, 1.54) is 12.3 Å². The molecule has 2 heterocycles. The molecule has 8 nitrogen and oxygen atoms in total. The van der Waals surface area contributed by atoms with Crippen LogP contribution in [0, 0.1) is 4.77 Å². The number of nitrogens with zero attached hydrogens (tertiary/aromatic N) is 1. The van der Waals surface area contributed by atoms with Gasteiger partial charge in [-0.2, -0.15) is 5.10 Å². The SMILES string of the molecule is CCOc1cc2c(cc1/C=N\NC(=O)Cc1cc(=O)[nH]c(=S)[nH]1)O[C@@H](C)C2. The van der Waals surface area contributed by atoms with Crippen molar-refractivity contribution in [3.05, 3.63) is 50.1 Å². The summed E-state index contributed by atoms with van der Waals surface area (Å²) in [5.41, 5.74) is 4.28. The maximum atomic E-state index is 12.0. The van der Waals surface area contributed by atoms with Crippen LogP contribution in [0.2, 0.25) is 0 Å². The molecule has 2 aromatic rings. The van der Waals surface area contributed by atoms with E-state index in [2.05, 4.69) is 20.5 Å². The second-order valence-corrected chi connectivity index (χ2v) is 6.55. The molecule has 1 atom stereocenters. The smallest absolute Gasteiger partial charge is 0.251 e. The molecule has 1 aromatic heterocycles. The molecule has 1 aliphatic heterocycles. The van der Waals surface area contributed by atoms with Gasteiger partial charge in [-0.05, 0) is 38.2 Å². The van der Waals surface area contributed by atoms with Crippen molar-refractivity contribution >= 4 is 24.3 Å². The Labute approximate surface area is 160 Å². The molecule has 9 heteroatoms. The lowest BCUT2D eigenvalue weighted by molar-refractivity contribution is -0.120. The summed E-state index contributed by atoms with van der Waals surface area (Å²) in [6.45, 7) is 4.43. The fourth-order valence-electron chi connectivity index (χ4n) is 2.84. The van der Waals surface area contributed by atoms with Gasteiger partial charge in [0, 0.05) is 29.3 Å². The molecule has 0 fully saturated rings. The number of rotatable bonds is 6. The quantitative estimate of drug-likeness (QED) is 0.398. The van der Waals surface area contributed by atoms with Crippen LogP contribution in [-0.4, -0.2) is 34.8 Å². The average Bonchev–Trinajstić information content (AvgIpc) is 2.93. The molecule has 0 saturated carbocycles. The Bertz CT molecular complexity index is 967. The van der Waals surface area contributed by atoms with E-state index in [4.69, 9.17) is 21.7 Å². The van der Waals surface area contributed by atoms with Crippen LogP contribution >= 0.6 is 12.2 Å². The predicted molar refractivity (Wildman–Crippen MR) is 103 cm³/mol. The third kappa shape index (κ3) is 4.82. The van der Waals surface area contributed by atoms with E-state index >= 15 is 0 Å². The van der Waals surface area contributed by atoms with Crippen molar-refractivity contribution in [2.24, 2.45) is 5.10 Å². The highest BCUT2D eigenvalue weighted by molar-refractivity contribution is 7.71. The Balaban J connectivity index is 1.70. The van der Waals surface area contributed by atoms with Gasteiger partial charge in [0.2, 0.25) is 5.91 Å². The molecule has 0 spiro atoms. The van der Waals surface area contributed by atoms with Gasteiger partial charge in [0.05, 0.1) is 19.2 Å². The maximum absolute atomic E-state index is 12.0. The second kappa shape index (κ2) is 8.17. The number of carbonyl (C=O) groups is 1. The summed E-state index contributed by atoms with van der Waals surface area (Å²) in [5.74, 6) is 1.10. The maximum Gasteiger partial charge on any atom is 0.251 e. The summed E-state index contributed by atoms with van der Waals surface area (Å²) in [5, 5.41) is 3.98. The molecule has 0 unspecified atom stereocenters. The van der Waals surface area contributed by atoms with Crippen molar-refractivity contribution in [2.45, 2.75) is 32.8 Å². The highest BCUT2D eigenvalue weighted by Crippen LogP contribution is 2.34. The number of ether oxygens (including phenoxy) is 2. The van der Waals surface area contributed by atoms with Crippen LogP contribution in [0.4, 0.5) is 0 Å². The van der Waals surface area contributed by atoms with Crippen molar-refractivity contribution in [1.29, 1.82) is 0 Å². The third-order valence-electron chi connectivity index (χ3n) is 3.89. The van der Waals surface area contributed by atoms with Crippen molar-refractivity contribution in [2.75, 3.05) is 6.61 Å². The first-order chi connectivity index (χ1) is 12.9. The number of carbonyl (C=O) groups excluding carboxylic acids is 1. The van der Waals surface area contributed by atoms with Gasteiger partial charge >= 0.3 is 0 Å². The van der Waals surface area contributed by atoms with E-state index < -0.39 is 0 Å². The van der Waals surface area contributed by atoms with Gasteiger partial charge in [0.25, 0.3) is 5.56 Å². The highest BCUT2D eigenvalue weighted by Gasteiger charge is 2.21. The van der Waals surface area contributed by atoms with E-state index in [1.807, 2.05) is 26.0 Å². The zero-order valence-electron chi connectivity index (χ0n) is 15.0. The Morgan fingerprint density at radius 3 is 3.00 bits per heavy atom.